The van der Waals surface area contributed by atoms with E-state index in [4.69, 9.17) is 4.42 Å². The summed E-state index contributed by atoms with van der Waals surface area (Å²) in [6.45, 7) is 4.09. The lowest BCUT2D eigenvalue weighted by Gasteiger charge is -1.99. The van der Waals surface area contributed by atoms with Crippen LogP contribution < -0.4 is 0 Å². The number of allylic oxidation sites excluding steroid dienone is 1. The Bertz CT molecular complexity index is 471. The molecule has 0 atom stereocenters. The van der Waals surface area contributed by atoms with Crippen LogP contribution in [0.1, 0.15) is 10.5 Å². The Hall–Kier alpha value is -2.17. The van der Waals surface area contributed by atoms with Crippen LogP contribution >= 0.6 is 0 Å². The standard InChI is InChI=1S/C10H9N3O2/c1-2-5-13-10(8(7-14)11-12-13)9-4-3-6-15-9/h2-4,6-7H,1,5H2. The van der Waals surface area contributed by atoms with E-state index < -0.39 is 0 Å². The Morgan fingerprint density at radius 2 is 2.47 bits per heavy atom. The fourth-order valence-corrected chi connectivity index (χ4v) is 1.32. The molecular formula is C10H9N3O2. The van der Waals surface area contributed by atoms with Gasteiger partial charge in [-0.15, -0.1) is 11.7 Å². The number of nitrogens with zero attached hydrogens (tertiary/aromatic N) is 3. The molecule has 0 fully saturated rings. The highest BCUT2D eigenvalue weighted by atomic mass is 16.3. The van der Waals surface area contributed by atoms with E-state index in [2.05, 4.69) is 16.9 Å². The van der Waals surface area contributed by atoms with Crippen LogP contribution in [0.2, 0.25) is 0 Å². The first-order valence-electron chi connectivity index (χ1n) is 4.40. The van der Waals surface area contributed by atoms with E-state index >= 15 is 0 Å². The first kappa shape index (κ1) is 9.39. The Morgan fingerprint density at radius 1 is 1.60 bits per heavy atom. The highest BCUT2D eigenvalue weighted by Crippen LogP contribution is 2.21. The van der Waals surface area contributed by atoms with Gasteiger partial charge in [0, 0.05) is 0 Å². The number of hydrogen-bond donors (Lipinski definition) is 0. The fourth-order valence-electron chi connectivity index (χ4n) is 1.32. The van der Waals surface area contributed by atoms with Crippen molar-refractivity contribution < 1.29 is 9.21 Å². The number of hydrogen-bond acceptors (Lipinski definition) is 4. The van der Waals surface area contributed by atoms with E-state index in [1.54, 1.807) is 22.9 Å². The maximum absolute atomic E-state index is 10.8. The van der Waals surface area contributed by atoms with Crippen molar-refractivity contribution in [1.82, 2.24) is 15.0 Å². The van der Waals surface area contributed by atoms with Crippen LogP contribution in [0.15, 0.2) is 35.5 Å². The SMILES string of the molecule is C=CCn1nnc(C=O)c1-c1ccco1. The van der Waals surface area contributed by atoms with Gasteiger partial charge in [0.1, 0.15) is 5.69 Å². The van der Waals surface area contributed by atoms with Crippen molar-refractivity contribution >= 4 is 6.29 Å². The molecule has 2 aromatic heterocycles. The van der Waals surface area contributed by atoms with E-state index in [1.165, 1.54) is 6.26 Å². The highest BCUT2D eigenvalue weighted by Gasteiger charge is 2.15. The van der Waals surface area contributed by atoms with Crippen LogP contribution in [0, 0.1) is 0 Å². The van der Waals surface area contributed by atoms with Crippen molar-refractivity contribution in [2.24, 2.45) is 0 Å². The van der Waals surface area contributed by atoms with Gasteiger partial charge in [-0.25, -0.2) is 4.68 Å². The zero-order valence-electron chi connectivity index (χ0n) is 7.96. The van der Waals surface area contributed by atoms with Gasteiger partial charge in [0.05, 0.1) is 12.8 Å². The molecule has 76 valence electrons. The molecule has 2 rings (SSSR count). The molecule has 5 nitrogen and oxygen atoms in total. The average molecular weight is 203 g/mol. The van der Waals surface area contributed by atoms with Gasteiger partial charge in [-0.3, -0.25) is 4.79 Å². The Balaban J connectivity index is 2.55. The molecule has 0 N–H and O–H groups in total. The van der Waals surface area contributed by atoms with E-state index in [0.717, 1.165) is 0 Å². The van der Waals surface area contributed by atoms with Crippen molar-refractivity contribution in [3.63, 3.8) is 0 Å². The molecule has 5 heteroatoms. The third-order valence-electron chi connectivity index (χ3n) is 1.93. The van der Waals surface area contributed by atoms with Crippen LogP contribution in [0.3, 0.4) is 0 Å². The van der Waals surface area contributed by atoms with Gasteiger partial charge in [-0.2, -0.15) is 0 Å². The molecule has 0 unspecified atom stereocenters. The smallest absolute Gasteiger partial charge is 0.172 e. The van der Waals surface area contributed by atoms with Gasteiger partial charge in [0.15, 0.2) is 17.7 Å². The first-order valence-corrected chi connectivity index (χ1v) is 4.40. The number of rotatable bonds is 4. The molecule has 0 spiro atoms. The first-order chi connectivity index (χ1) is 7.36. The van der Waals surface area contributed by atoms with Crippen LogP contribution in [0.4, 0.5) is 0 Å². The molecule has 0 bridgehead atoms. The maximum atomic E-state index is 10.8. The van der Waals surface area contributed by atoms with E-state index in [0.29, 0.717) is 24.3 Å². The Morgan fingerprint density at radius 3 is 3.07 bits per heavy atom. The molecule has 0 aliphatic carbocycles. The molecule has 0 saturated heterocycles. The Labute approximate surface area is 86.0 Å². The summed E-state index contributed by atoms with van der Waals surface area (Å²) in [5.74, 6) is 0.573. The van der Waals surface area contributed by atoms with Crippen LogP contribution in [-0.4, -0.2) is 21.3 Å². The fraction of sp³-hybridized carbons (Fsp3) is 0.100. The summed E-state index contributed by atoms with van der Waals surface area (Å²) in [6.07, 6.45) is 3.87. The van der Waals surface area contributed by atoms with E-state index in [9.17, 15) is 4.79 Å². The van der Waals surface area contributed by atoms with Gasteiger partial charge in [0.2, 0.25) is 0 Å². The van der Waals surface area contributed by atoms with Crippen molar-refractivity contribution in [3.05, 3.63) is 36.7 Å². The van der Waals surface area contributed by atoms with Crippen LogP contribution in [0.25, 0.3) is 11.5 Å². The van der Waals surface area contributed by atoms with E-state index in [-0.39, 0.29) is 5.69 Å². The minimum Gasteiger partial charge on any atom is -0.463 e. The second-order valence-corrected chi connectivity index (χ2v) is 2.89. The van der Waals surface area contributed by atoms with Crippen LogP contribution in [0.5, 0.6) is 0 Å². The maximum Gasteiger partial charge on any atom is 0.172 e. The average Bonchev–Trinajstić information content (AvgIpc) is 2.85. The minimum atomic E-state index is 0.270. The zero-order valence-corrected chi connectivity index (χ0v) is 7.96. The van der Waals surface area contributed by atoms with Gasteiger partial charge in [-0.05, 0) is 12.1 Å². The summed E-state index contributed by atoms with van der Waals surface area (Å²) in [6, 6.07) is 3.50. The lowest BCUT2D eigenvalue weighted by atomic mass is 10.2. The predicted molar refractivity (Wildman–Crippen MR) is 53.3 cm³/mol. The monoisotopic (exact) mass is 203 g/mol. The number of aldehydes is 1. The highest BCUT2D eigenvalue weighted by molar-refractivity contribution is 5.81. The summed E-state index contributed by atoms with van der Waals surface area (Å²) in [7, 11) is 0. The largest absolute Gasteiger partial charge is 0.463 e. The molecule has 15 heavy (non-hydrogen) atoms. The number of carbonyl (C=O) groups excluding carboxylic acids is 1. The minimum absolute atomic E-state index is 0.270. The van der Waals surface area contributed by atoms with Gasteiger partial charge < -0.3 is 4.42 Å². The van der Waals surface area contributed by atoms with Gasteiger partial charge >= 0.3 is 0 Å². The van der Waals surface area contributed by atoms with Crippen molar-refractivity contribution in [2.75, 3.05) is 0 Å². The third-order valence-corrected chi connectivity index (χ3v) is 1.93. The second-order valence-electron chi connectivity index (χ2n) is 2.89. The normalized spacial score (nSPS) is 10.1. The lowest BCUT2D eigenvalue weighted by Crippen LogP contribution is -2.00. The molecular weight excluding hydrogens is 194 g/mol. The topological polar surface area (TPSA) is 60.9 Å². The molecule has 0 aromatic carbocycles. The van der Waals surface area contributed by atoms with Crippen molar-refractivity contribution in [3.8, 4) is 11.5 Å². The molecule has 2 aromatic rings. The second kappa shape index (κ2) is 3.91. The summed E-state index contributed by atoms with van der Waals surface area (Å²) >= 11 is 0. The molecule has 2 heterocycles. The predicted octanol–water partition coefficient (Wildman–Crippen LogP) is 1.54. The van der Waals surface area contributed by atoms with Crippen LogP contribution in [-0.2, 0) is 6.54 Å². The Kier molecular flexibility index (Phi) is 2.45. The van der Waals surface area contributed by atoms with Crippen molar-refractivity contribution in [1.29, 1.82) is 0 Å². The molecule has 0 amide bonds. The zero-order chi connectivity index (χ0) is 10.7. The summed E-state index contributed by atoms with van der Waals surface area (Å²) < 4.78 is 6.78. The molecule has 0 aliphatic heterocycles. The summed E-state index contributed by atoms with van der Waals surface area (Å²) in [5, 5.41) is 7.58. The number of aromatic nitrogens is 3. The third kappa shape index (κ3) is 1.59. The molecule has 0 radical (unpaired) electrons. The number of carbonyl (C=O) groups is 1. The van der Waals surface area contributed by atoms with Gasteiger partial charge in [-0.1, -0.05) is 11.3 Å². The van der Waals surface area contributed by atoms with Gasteiger partial charge in [0.25, 0.3) is 0 Å². The quantitative estimate of drug-likeness (QED) is 0.558. The lowest BCUT2D eigenvalue weighted by molar-refractivity contribution is 0.111. The summed E-state index contributed by atoms with van der Waals surface area (Å²) in [4.78, 5) is 10.8. The van der Waals surface area contributed by atoms with E-state index in [1.807, 2.05) is 0 Å². The molecule has 0 aliphatic rings. The summed E-state index contributed by atoms with van der Waals surface area (Å²) in [5.41, 5.74) is 0.849. The molecule has 0 saturated carbocycles. The van der Waals surface area contributed by atoms with Crippen molar-refractivity contribution in [2.45, 2.75) is 6.54 Å². The number of furan rings is 1.